The van der Waals surface area contributed by atoms with Crippen LogP contribution in [-0.4, -0.2) is 32.5 Å². The van der Waals surface area contributed by atoms with Crippen molar-refractivity contribution in [3.8, 4) is 0 Å². The van der Waals surface area contributed by atoms with Gasteiger partial charge in [0.2, 0.25) is 5.82 Å². The number of hydrogen-bond donors (Lipinski definition) is 2. The van der Waals surface area contributed by atoms with Gasteiger partial charge in [0.25, 0.3) is 0 Å². The highest BCUT2D eigenvalue weighted by atomic mass is 16.6. The maximum atomic E-state index is 11.0. The van der Waals surface area contributed by atoms with Gasteiger partial charge in [-0.15, -0.1) is 0 Å². The first kappa shape index (κ1) is 13.4. The molecule has 1 aromatic rings. The van der Waals surface area contributed by atoms with E-state index in [0.29, 0.717) is 24.4 Å². The minimum Gasteiger partial charge on any atom is -0.394 e. The van der Waals surface area contributed by atoms with Crippen LogP contribution < -0.4 is 5.32 Å². The fourth-order valence-electron chi connectivity index (χ4n) is 1.63. The SMILES string of the molecule is CCc1nn(C)c(N[C@H](CC)CO)c1[N+](=O)[O-]. The highest BCUT2D eigenvalue weighted by Crippen LogP contribution is 2.29. The fourth-order valence-corrected chi connectivity index (χ4v) is 1.63. The van der Waals surface area contributed by atoms with Gasteiger partial charge in [-0.05, 0) is 12.8 Å². The number of nitrogens with zero attached hydrogens (tertiary/aromatic N) is 3. The standard InChI is InChI=1S/C10H18N4O3/c1-4-7(6-15)11-10-9(14(16)17)8(5-2)12-13(10)3/h7,11,15H,4-6H2,1-3H3/t7-/m1/s1. The molecule has 1 aromatic heterocycles. The van der Waals surface area contributed by atoms with Gasteiger partial charge in [0.15, 0.2) is 0 Å². The Morgan fingerprint density at radius 3 is 2.65 bits per heavy atom. The van der Waals surface area contributed by atoms with E-state index in [1.54, 1.807) is 7.05 Å². The Bertz CT molecular complexity index is 399. The van der Waals surface area contributed by atoms with Crippen LogP contribution >= 0.6 is 0 Å². The van der Waals surface area contributed by atoms with Crippen molar-refractivity contribution in [1.82, 2.24) is 9.78 Å². The summed E-state index contributed by atoms with van der Waals surface area (Å²) in [5.41, 5.74) is 0.453. The van der Waals surface area contributed by atoms with Gasteiger partial charge < -0.3 is 10.4 Å². The zero-order valence-corrected chi connectivity index (χ0v) is 10.3. The van der Waals surface area contributed by atoms with Crippen LogP contribution in [0.4, 0.5) is 11.5 Å². The van der Waals surface area contributed by atoms with E-state index in [-0.39, 0.29) is 18.3 Å². The van der Waals surface area contributed by atoms with Crippen LogP contribution in [-0.2, 0) is 13.5 Å². The molecule has 0 bridgehead atoms. The molecule has 0 amide bonds. The largest absolute Gasteiger partial charge is 0.394 e. The molecule has 0 saturated heterocycles. The van der Waals surface area contributed by atoms with Gasteiger partial charge in [-0.1, -0.05) is 13.8 Å². The summed E-state index contributed by atoms with van der Waals surface area (Å²) in [6.07, 6.45) is 1.18. The number of nitro groups is 1. The molecule has 0 saturated carbocycles. The second-order valence-corrected chi connectivity index (χ2v) is 3.81. The van der Waals surface area contributed by atoms with Crippen molar-refractivity contribution < 1.29 is 10.0 Å². The molecule has 1 rings (SSSR count). The minimum absolute atomic E-state index is 0.00176. The monoisotopic (exact) mass is 242 g/mol. The average Bonchev–Trinajstić information content (AvgIpc) is 2.62. The van der Waals surface area contributed by atoms with Crippen LogP contribution in [0.3, 0.4) is 0 Å². The summed E-state index contributed by atoms with van der Waals surface area (Å²) < 4.78 is 1.45. The van der Waals surface area contributed by atoms with Crippen LogP contribution in [0.5, 0.6) is 0 Å². The highest BCUT2D eigenvalue weighted by molar-refractivity contribution is 5.60. The third-order valence-electron chi connectivity index (χ3n) is 2.66. The number of aliphatic hydroxyl groups is 1. The van der Waals surface area contributed by atoms with E-state index >= 15 is 0 Å². The van der Waals surface area contributed by atoms with E-state index in [2.05, 4.69) is 10.4 Å². The Hall–Kier alpha value is -1.63. The number of aromatic nitrogens is 2. The van der Waals surface area contributed by atoms with E-state index in [0.717, 1.165) is 0 Å². The molecule has 17 heavy (non-hydrogen) atoms. The van der Waals surface area contributed by atoms with Gasteiger partial charge in [-0.3, -0.25) is 10.1 Å². The van der Waals surface area contributed by atoms with Gasteiger partial charge >= 0.3 is 5.69 Å². The molecule has 0 aliphatic heterocycles. The molecule has 0 aliphatic rings. The number of aryl methyl sites for hydroxylation is 2. The molecule has 0 aromatic carbocycles. The molecular weight excluding hydrogens is 224 g/mol. The number of rotatable bonds is 6. The lowest BCUT2D eigenvalue weighted by Crippen LogP contribution is -2.24. The van der Waals surface area contributed by atoms with Crippen molar-refractivity contribution >= 4 is 11.5 Å². The maximum absolute atomic E-state index is 11.0. The molecule has 0 unspecified atom stereocenters. The van der Waals surface area contributed by atoms with Gasteiger partial charge in [-0.2, -0.15) is 5.10 Å². The molecule has 7 nitrogen and oxygen atoms in total. The smallest absolute Gasteiger partial charge is 0.333 e. The van der Waals surface area contributed by atoms with Crippen molar-refractivity contribution in [2.75, 3.05) is 11.9 Å². The first-order valence-corrected chi connectivity index (χ1v) is 5.62. The van der Waals surface area contributed by atoms with E-state index < -0.39 is 4.92 Å². The van der Waals surface area contributed by atoms with Gasteiger partial charge in [0.1, 0.15) is 5.69 Å². The van der Waals surface area contributed by atoms with Gasteiger partial charge in [0.05, 0.1) is 17.6 Å². The van der Waals surface area contributed by atoms with Crippen LogP contribution in [0.2, 0.25) is 0 Å². The minimum atomic E-state index is -0.432. The van der Waals surface area contributed by atoms with Crippen LogP contribution in [0.25, 0.3) is 0 Å². The maximum Gasteiger partial charge on any atom is 0.333 e. The van der Waals surface area contributed by atoms with Crippen molar-refractivity contribution in [2.24, 2.45) is 7.05 Å². The van der Waals surface area contributed by atoms with E-state index in [1.165, 1.54) is 4.68 Å². The highest BCUT2D eigenvalue weighted by Gasteiger charge is 2.26. The van der Waals surface area contributed by atoms with Gasteiger partial charge in [0, 0.05) is 7.05 Å². The first-order valence-electron chi connectivity index (χ1n) is 5.62. The van der Waals surface area contributed by atoms with Crippen molar-refractivity contribution in [1.29, 1.82) is 0 Å². The number of nitrogens with one attached hydrogen (secondary N) is 1. The third-order valence-corrected chi connectivity index (χ3v) is 2.66. The van der Waals surface area contributed by atoms with Crippen LogP contribution in [0.15, 0.2) is 0 Å². The lowest BCUT2D eigenvalue weighted by molar-refractivity contribution is -0.384. The normalized spacial score (nSPS) is 12.5. The Labute approximate surface area is 99.6 Å². The second kappa shape index (κ2) is 5.62. The number of hydrogen-bond acceptors (Lipinski definition) is 5. The predicted octanol–water partition coefficient (Wildman–Crippen LogP) is 1.07. The second-order valence-electron chi connectivity index (χ2n) is 3.81. The summed E-state index contributed by atoms with van der Waals surface area (Å²) in [6.45, 7) is 3.65. The fraction of sp³-hybridized carbons (Fsp3) is 0.700. The zero-order valence-electron chi connectivity index (χ0n) is 10.3. The lowest BCUT2D eigenvalue weighted by atomic mass is 10.2. The summed E-state index contributed by atoms with van der Waals surface area (Å²) in [5, 5.41) is 27.2. The summed E-state index contributed by atoms with van der Waals surface area (Å²) in [6, 6.07) is -0.200. The Morgan fingerprint density at radius 2 is 2.24 bits per heavy atom. The summed E-state index contributed by atoms with van der Waals surface area (Å²) >= 11 is 0. The molecule has 96 valence electrons. The summed E-state index contributed by atoms with van der Waals surface area (Å²) in [5.74, 6) is 0.354. The van der Waals surface area contributed by atoms with Crippen LogP contribution in [0, 0.1) is 10.1 Å². The Kier molecular flexibility index (Phi) is 4.45. The number of anilines is 1. The Balaban J connectivity index is 3.12. The lowest BCUT2D eigenvalue weighted by Gasteiger charge is -2.14. The first-order chi connectivity index (χ1) is 8.04. The molecular formula is C10H18N4O3. The Morgan fingerprint density at radius 1 is 1.59 bits per heavy atom. The molecule has 1 atom stereocenters. The summed E-state index contributed by atoms with van der Waals surface area (Å²) in [4.78, 5) is 10.6. The molecule has 2 N–H and O–H groups in total. The molecule has 7 heteroatoms. The topological polar surface area (TPSA) is 93.2 Å². The number of aliphatic hydroxyl groups excluding tert-OH is 1. The molecule has 1 heterocycles. The average molecular weight is 242 g/mol. The van der Waals surface area contributed by atoms with Crippen molar-refractivity contribution in [3.05, 3.63) is 15.8 Å². The van der Waals surface area contributed by atoms with E-state index in [1.807, 2.05) is 13.8 Å². The summed E-state index contributed by atoms with van der Waals surface area (Å²) in [7, 11) is 1.65. The third kappa shape index (κ3) is 2.73. The van der Waals surface area contributed by atoms with Crippen molar-refractivity contribution in [2.45, 2.75) is 32.7 Å². The predicted molar refractivity (Wildman–Crippen MR) is 64.0 cm³/mol. The van der Waals surface area contributed by atoms with Crippen LogP contribution in [0.1, 0.15) is 26.0 Å². The van der Waals surface area contributed by atoms with Crippen molar-refractivity contribution in [3.63, 3.8) is 0 Å². The van der Waals surface area contributed by atoms with E-state index in [9.17, 15) is 10.1 Å². The molecule has 0 radical (unpaired) electrons. The van der Waals surface area contributed by atoms with E-state index in [4.69, 9.17) is 5.11 Å². The van der Waals surface area contributed by atoms with Gasteiger partial charge in [-0.25, -0.2) is 4.68 Å². The molecule has 0 aliphatic carbocycles. The zero-order chi connectivity index (χ0) is 13.0. The quantitative estimate of drug-likeness (QED) is 0.575. The molecule has 0 spiro atoms. The molecule has 0 fully saturated rings.